The van der Waals surface area contributed by atoms with Gasteiger partial charge in [0, 0.05) is 21.5 Å². The fourth-order valence-electron chi connectivity index (χ4n) is 3.01. The van der Waals surface area contributed by atoms with Gasteiger partial charge in [-0.25, -0.2) is 4.98 Å². The van der Waals surface area contributed by atoms with E-state index in [1.807, 2.05) is 47.3 Å². The largest absolute Gasteiger partial charge is 0.321 e. The van der Waals surface area contributed by atoms with Gasteiger partial charge in [-0.15, -0.1) is 23.1 Å². The van der Waals surface area contributed by atoms with Crippen molar-refractivity contribution in [3.8, 4) is 0 Å². The number of hydrogen-bond donors (Lipinski definition) is 3. The Morgan fingerprint density at radius 2 is 1.75 bits per heavy atom. The molecule has 7 nitrogen and oxygen atoms in total. The van der Waals surface area contributed by atoms with Crippen molar-refractivity contribution in [2.24, 2.45) is 0 Å². The molecule has 36 heavy (non-hydrogen) atoms. The minimum Gasteiger partial charge on any atom is -0.321 e. The lowest BCUT2D eigenvalue weighted by Crippen LogP contribution is -2.30. The molecular formula is C26H22N4O3S3. The van der Waals surface area contributed by atoms with Crippen molar-refractivity contribution < 1.29 is 14.4 Å². The van der Waals surface area contributed by atoms with E-state index in [-0.39, 0.29) is 23.3 Å². The molecule has 4 aromatic rings. The molecule has 0 atom stereocenters. The van der Waals surface area contributed by atoms with Crippen LogP contribution in [0.4, 0.5) is 10.8 Å². The second kappa shape index (κ2) is 12.3. The normalized spacial score (nSPS) is 11.1. The van der Waals surface area contributed by atoms with Crippen molar-refractivity contribution in [1.82, 2.24) is 10.3 Å². The van der Waals surface area contributed by atoms with Crippen LogP contribution >= 0.6 is 34.4 Å². The number of thiazole rings is 1. The summed E-state index contributed by atoms with van der Waals surface area (Å²) in [5.74, 6) is -0.707. The van der Waals surface area contributed by atoms with Gasteiger partial charge in [-0.1, -0.05) is 18.2 Å². The summed E-state index contributed by atoms with van der Waals surface area (Å²) in [6.07, 6.45) is 1.64. The summed E-state index contributed by atoms with van der Waals surface area (Å²) in [6, 6.07) is 17.7. The van der Waals surface area contributed by atoms with Gasteiger partial charge in [-0.3, -0.25) is 14.4 Å². The highest BCUT2D eigenvalue weighted by Crippen LogP contribution is 2.22. The molecule has 2 aromatic carbocycles. The van der Waals surface area contributed by atoms with Crippen LogP contribution in [-0.2, 0) is 9.59 Å². The average Bonchev–Trinajstić information content (AvgIpc) is 3.55. The van der Waals surface area contributed by atoms with Gasteiger partial charge in [0.1, 0.15) is 5.70 Å². The number of benzene rings is 2. The van der Waals surface area contributed by atoms with E-state index in [9.17, 15) is 14.4 Å². The molecule has 0 fully saturated rings. The lowest BCUT2D eigenvalue weighted by atomic mass is 10.2. The van der Waals surface area contributed by atoms with Gasteiger partial charge in [-0.2, -0.15) is 11.3 Å². The van der Waals surface area contributed by atoms with Gasteiger partial charge in [0.2, 0.25) is 5.91 Å². The number of nitrogens with one attached hydrogen (secondary N) is 3. The maximum atomic E-state index is 13.0. The molecule has 0 unspecified atom stereocenters. The number of anilines is 2. The predicted molar refractivity (Wildman–Crippen MR) is 147 cm³/mol. The SMILES string of the molecule is Cc1csc(NC(=O)CSc2ccc(NC(=O)/C(=C/c3ccsc3)NC(=O)c3ccccc3)cc2)n1. The number of carbonyl (C=O) groups excluding carboxylic acids is 3. The number of thiophene rings is 1. The summed E-state index contributed by atoms with van der Waals surface area (Å²) < 4.78 is 0. The minimum atomic E-state index is -0.441. The Labute approximate surface area is 220 Å². The highest BCUT2D eigenvalue weighted by atomic mass is 32.2. The summed E-state index contributed by atoms with van der Waals surface area (Å²) in [5.41, 5.74) is 2.84. The number of hydrogen-bond acceptors (Lipinski definition) is 7. The molecule has 0 aliphatic heterocycles. The van der Waals surface area contributed by atoms with Crippen molar-refractivity contribution in [3.05, 3.63) is 99.3 Å². The van der Waals surface area contributed by atoms with Crippen molar-refractivity contribution >= 4 is 69.1 Å². The van der Waals surface area contributed by atoms with Gasteiger partial charge < -0.3 is 16.0 Å². The molecule has 0 bridgehead atoms. The molecule has 0 saturated carbocycles. The monoisotopic (exact) mass is 534 g/mol. The van der Waals surface area contributed by atoms with Crippen LogP contribution in [0.1, 0.15) is 21.6 Å². The number of carbonyl (C=O) groups is 3. The Hall–Kier alpha value is -3.73. The van der Waals surface area contributed by atoms with E-state index in [0.29, 0.717) is 16.4 Å². The third-order valence-electron chi connectivity index (χ3n) is 4.73. The quantitative estimate of drug-likeness (QED) is 0.190. The highest BCUT2D eigenvalue weighted by molar-refractivity contribution is 8.00. The van der Waals surface area contributed by atoms with E-state index in [0.717, 1.165) is 16.2 Å². The Kier molecular flexibility index (Phi) is 8.66. The van der Waals surface area contributed by atoms with E-state index in [4.69, 9.17) is 0 Å². The molecule has 182 valence electrons. The fraction of sp³-hybridized carbons (Fsp3) is 0.0769. The summed E-state index contributed by atoms with van der Waals surface area (Å²) >= 11 is 4.27. The molecule has 0 aliphatic carbocycles. The first-order chi connectivity index (χ1) is 17.5. The number of aromatic nitrogens is 1. The molecule has 3 N–H and O–H groups in total. The number of aryl methyl sites for hydroxylation is 1. The molecule has 3 amide bonds. The first-order valence-corrected chi connectivity index (χ1v) is 13.6. The molecule has 2 aromatic heterocycles. The lowest BCUT2D eigenvalue weighted by Gasteiger charge is -2.11. The molecule has 0 saturated heterocycles. The lowest BCUT2D eigenvalue weighted by molar-refractivity contribution is -0.114. The van der Waals surface area contributed by atoms with Crippen molar-refractivity contribution in [3.63, 3.8) is 0 Å². The third-order valence-corrected chi connectivity index (χ3v) is 7.32. The first-order valence-electron chi connectivity index (χ1n) is 10.8. The van der Waals surface area contributed by atoms with Crippen LogP contribution < -0.4 is 16.0 Å². The minimum absolute atomic E-state index is 0.134. The topological polar surface area (TPSA) is 100 Å². The van der Waals surface area contributed by atoms with E-state index in [1.165, 1.54) is 34.4 Å². The molecular weight excluding hydrogens is 513 g/mol. The van der Waals surface area contributed by atoms with Crippen LogP contribution in [0.5, 0.6) is 0 Å². The average molecular weight is 535 g/mol. The van der Waals surface area contributed by atoms with Gasteiger partial charge >= 0.3 is 0 Å². The number of nitrogens with zero attached hydrogens (tertiary/aromatic N) is 1. The van der Waals surface area contributed by atoms with E-state index < -0.39 is 5.91 Å². The van der Waals surface area contributed by atoms with E-state index in [1.54, 1.807) is 42.5 Å². The molecule has 0 spiro atoms. The summed E-state index contributed by atoms with van der Waals surface area (Å²) in [6.45, 7) is 1.87. The molecule has 0 aliphatic rings. The van der Waals surface area contributed by atoms with Crippen molar-refractivity contribution in [2.45, 2.75) is 11.8 Å². The van der Waals surface area contributed by atoms with Crippen LogP contribution in [0.2, 0.25) is 0 Å². The van der Waals surface area contributed by atoms with Crippen LogP contribution in [0.25, 0.3) is 6.08 Å². The van der Waals surface area contributed by atoms with Crippen molar-refractivity contribution in [2.75, 3.05) is 16.4 Å². The molecule has 0 radical (unpaired) electrons. The second-order valence-electron chi connectivity index (χ2n) is 7.54. The van der Waals surface area contributed by atoms with Crippen LogP contribution in [-0.4, -0.2) is 28.5 Å². The number of rotatable bonds is 9. The van der Waals surface area contributed by atoms with Crippen LogP contribution in [0.3, 0.4) is 0 Å². The maximum absolute atomic E-state index is 13.0. The molecule has 2 heterocycles. The van der Waals surface area contributed by atoms with Crippen LogP contribution in [0, 0.1) is 6.92 Å². The van der Waals surface area contributed by atoms with Crippen LogP contribution in [0.15, 0.2) is 87.4 Å². The van der Waals surface area contributed by atoms with Gasteiger partial charge in [0.15, 0.2) is 5.13 Å². The number of amides is 3. The smallest absolute Gasteiger partial charge is 0.272 e. The standard InChI is InChI=1S/C26H22N4O3S3/c1-17-14-36-26(27-17)30-23(31)16-35-21-9-7-20(8-10-21)28-25(33)22(13-18-11-12-34-15-18)29-24(32)19-5-3-2-4-6-19/h2-15H,16H2,1H3,(H,28,33)(H,29,32)(H,27,30,31)/b22-13-. The zero-order chi connectivity index (χ0) is 25.3. The molecule has 4 rings (SSSR count). The highest BCUT2D eigenvalue weighted by Gasteiger charge is 2.15. The third kappa shape index (κ3) is 7.38. The van der Waals surface area contributed by atoms with E-state index >= 15 is 0 Å². The zero-order valence-electron chi connectivity index (χ0n) is 19.2. The number of thioether (sulfide) groups is 1. The van der Waals surface area contributed by atoms with Gasteiger partial charge in [-0.05, 0) is 71.8 Å². The Balaban J connectivity index is 1.37. The summed E-state index contributed by atoms with van der Waals surface area (Å²) in [4.78, 5) is 42.9. The summed E-state index contributed by atoms with van der Waals surface area (Å²) in [5, 5.41) is 14.6. The van der Waals surface area contributed by atoms with E-state index in [2.05, 4.69) is 20.9 Å². The Morgan fingerprint density at radius 3 is 2.42 bits per heavy atom. The van der Waals surface area contributed by atoms with Gasteiger partial charge in [0.25, 0.3) is 11.8 Å². The van der Waals surface area contributed by atoms with Crippen molar-refractivity contribution in [1.29, 1.82) is 0 Å². The Morgan fingerprint density at radius 1 is 0.972 bits per heavy atom. The summed E-state index contributed by atoms with van der Waals surface area (Å²) in [7, 11) is 0. The zero-order valence-corrected chi connectivity index (χ0v) is 21.6. The first kappa shape index (κ1) is 25.4. The second-order valence-corrected chi connectivity index (χ2v) is 10.2. The predicted octanol–water partition coefficient (Wildman–Crippen LogP) is 5.65. The fourth-order valence-corrected chi connectivity index (χ4v) is 5.04. The molecule has 10 heteroatoms. The van der Waals surface area contributed by atoms with Gasteiger partial charge in [0.05, 0.1) is 11.4 Å². The maximum Gasteiger partial charge on any atom is 0.272 e. The Bertz CT molecular complexity index is 1370.